The van der Waals surface area contributed by atoms with Crippen molar-refractivity contribution in [2.75, 3.05) is 13.1 Å². The number of piperidine rings is 1. The molecule has 2 heterocycles. The van der Waals surface area contributed by atoms with Gasteiger partial charge in [0.2, 0.25) is 0 Å². The van der Waals surface area contributed by atoms with Crippen molar-refractivity contribution in [3.05, 3.63) is 41.7 Å². The molecule has 0 aliphatic carbocycles. The van der Waals surface area contributed by atoms with E-state index in [0.29, 0.717) is 13.0 Å². The van der Waals surface area contributed by atoms with Gasteiger partial charge in [-0.05, 0) is 51.8 Å². The molecule has 0 spiro atoms. The molecule has 1 aliphatic heterocycles. The van der Waals surface area contributed by atoms with Crippen LogP contribution in [0.15, 0.2) is 36.0 Å². The summed E-state index contributed by atoms with van der Waals surface area (Å²) >= 11 is 0. The summed E-state index contributed by atoms with van der Waals surface area (Å²) in [6.45, 7) is 6.31. The number of hydrogen-bond acceptors (Lipinski definition) is 3. The van der Waals surface area contributed by atoms with Crippen LogP contribution in [0.1, 0.15) is 38.8 Å². The van der Waals surface area contributed by atoms with E-state index < -0.39 is 11.4 Å². The lowest BCUT2D eigenvalue weighted by molar-refractivity contribution is -0.152. The van der Waals surface area contributed by atoms with Crippen LogP contribution < -0.4 is 0 Å². The van der Waals surface area contributed by atoms with Gasteiger partial charge in [0.05, 0.1) is 11.1 Å². The number of aromatic nitrogens is 1. The lowest BCUT2D eigenvalue weighted by Gasteiger charge is -2.39. The van der Waals surface area contributed by atoms with Crippen LogP contribution in [0.4, 0.5) is 0 Å². The van der Waals surface area contributed by atoms with Gasteiger partial charge in [0.15, 0.2) is 0 Å². The predicted molar refractivity (Wildman–Crippen MR) is 82.9 cm³/mol. The Bertz CT molecular complexity index is 509. The van der Waals surface area contributed by atoms with E-state index in [1.807, 2.05) is 32.0 Å². The van der Waals surface area contributed by atoms with Gasteiger partial charge >= 0.3 is 5.97 Å². The number of carbonyl (C=O) groups is 1. The van der Waals surface area contributed by atoms with Crippen molar-refractivity contribution < 1.29 is 9.90 Å². The zero-order valence-corrected chi connectivity index (χ0v) is 12.9. The highest BCUT2D eigenvalue weighted by Crippen LogP contribution is 2.35. The minimum atomic E-state index is -0.675. The van der Waals surface area contributed by atoms with E-state index in [9.17, 15) is 9.90 Å². The first-order valence-electron chi connectivity index (χ1n) is 7.51. The third-order valence-electron chi connectivity index (χ3n) is 4.12. The van der Waals surface area contributed by atoms with Crippen molar-refractivity contribution in [2.45, 2.75) is 39.7 Å². The van der Waals surface area contributed by atoms with Crippen molar-refractivity contribution >= 4 is 5.97 Å². The Morgan fingerprint density at radius 1 is 1.48 bits per heavy atom. The van der Waals surface area contributed by atoms with Gasteiger partial charge in [0, 0.05) is 19.3 Å². The minimum absolute atomic E-state index is 0.600. The standard InChI is InChI=1S/C17H24N2O2/c1-14(2)7-9-17(16(20)21)8-5-11-19(13-17)12-15-6-3-4-10-18-15/h3-4,6-7,10H,5,8-9,11-13H2,1-2H3,(H,20,21). The molecule has 4 heteroatoms. The fourth-order valence-corrected chi connectivity index (χ4v) is 2.91. The lowest BCUT2D eigenvalue weighted by atomic mass is 9.76. The third kappa shape index (κ3) is 4.14. The number of allylic oxidation sites excluding steroid dienone is 2. The molecule has 1 atom stereocenters. The van der Waals surface area contributed by atoms with Crippen LogP contribution in [-0.4, -0.2) is 34.0 Å². The average molecular weight is 288 g/mol. The quantitative estimate of drug-likeness (QED) is 0.846. The molecule has 1 aliphatic rings. The smallest absolute Gasteiger partial charge is 0.311 e. The molecular weight excluding hydrogens is 264 g/mol. The first-order chi connectivity index (χ1) is 10.0. The van der Waals surface area contributed by atoms with Crippen molar-refractivity contribution in [2.24, 2.45) is 5.41 Å². The molecule has 1 N–H and O–H groups in total. The van der Waals surface area contributed by atoms with Crippen LogP contribution in [0.3, 0.4) is 0 Å². The molecule has 0 saturated carbocycles. The van der Waals surface area contributed by atoms with Gasteiger partial charge in [0.1, 0.15) is 0 Å². The molecule has 1 unspecified atom stereocenters. The van der Waals surface area contributed by atoms with E-state index in [2.05, 4.69) is 16.0 Å². The summed E-state index contributed by atoms with van der Waals surface area (Å²) in [7, 11) is 0. The van der Waals surface area contributed by atoms with E-state index in [-0.39, 0.29) is 0 Å². The van der Waals surface area contributed by atoms with Crippen LogP contribution in [-0.2, 0) is 11.3 Å². The molecule has 1 aromatic heterocycles. The van der Waals surface area contributed by atoms with Gasteiger partial charge in [-0.2, -0.15) is 0 Å². The first kappa shape index (κ1) is 15.7. The van der Waals surface area contributed by atoms with Crippen molar-refractivity contribution in [3.8, 4) is 0 Å². The lowest BCUT2D eigenvalue weighted by Crippen LogP contribution is -2.47. The number of aliphatic carboxylic acids is 1. The monoisotopic (exact) mass is 288 g/mol. The Hall–Kier alpha value is -1.68. The summed E-state index contributed by atoms with van der Waals surface area (Å²) in [6.07, 6.45) is 6.13. The number of nitrogens with zero attached hydrogens (tertiary/aromatic N) is 2. The van der Waals surface area contributed by atoms with E-state index in [1.165, 1.54) is 5.57 Å². The Morgan fingerprint density at radius 2 is 2.29 bits per heavy atom. The van der Waals surface area contributed by atoms with E-state index in [1.54, 1.807) is 6.20 Å². The van der Waals surface area contributed by atoms with Crippen LogP contribution in [0.5, 0.6) is 0 Å². The van der Waals surface area contributed by atoms with Crippen LogP contribution >= 0.6 is 0 Å². The highest BCUT2D eigenvalue weighted by Gasteiger charge is 2.41. The van der Waals surface area contributed by atoms with E-state index >= 15 is 0 Å². The maximum atomic E-state index is 11.8. The van der Waals surface area contributed by atoms with Crippen molar-refractivity contribution in [1.29, 1.82) is 0 Å². The Labute approximate surface area is 126 Å². The van der Waals surface area contributed by atoms with Crippen LogP contribution in [0.2, 0.25) is 0 Å². The van der Waals surface area contributed by atoms with Gasteiger partial charge in [-0.25, -0.2) is 0 Å². The second-order valence-corrected chi connectivity index (χ2v) is 6.21. The predicted octanol–water partition coefficient (Wildman–Crippen LogP) is 3.10. The van der Waals surface area contributed by atoms with Gasteiger partial charge in [-0.1, -0.05) is 17.7 Å². The van der Waals surface area contributed by atoms with Crippen molar-refractivity contribution in [1.82, 2.24) is 9.88 Å². The summed E-state index contributed by atoms with van der Waals surface area (Å²) in [6, 6.07) is 5.86. The maximum absolute atomic E-state index is 11.8. The average Bonchev–Trinajstić information content (AvgIpc) is 2.46. The normalized spacial score (nSPS) is 22.8. The molecule has 0 aromatic carbocycles. The molecule has 1 saturated heterocycles. The van der Waals surface area contributed by atoms with Crippen LogP contribution in [0, 0.1) is 5.41 Å². The minimum Gasteiger partial charge on any atom is -0.481 e. The first-order valence-corrected chi connectivity index (χ1v) is 7.51. The summed E-state index contributed by atoms with van der Waals surface area (Å²) in [5, 5.41) is 9.71. The molecule has 21 heavy (non-hydrogen) atoms. The second-order valence-electron chi connectivity index (χ2n) is 6.21. The molecule has 0 amide bonds. The second kappa shape index (κ2) is 6.85. The van der Waals surface area contributed by atoms with E-state index in [4.69, 9.17) is 0 Å². The van der Waals surface area contributed by atoms with Gasteiger partial charge in [-0.3, -0.25) is 14.7 Å². The third-order valence-corrected chi connectivity index (χ3v) is 4.12. The fourth-order valence-electron chi connectivity index (χ4n) is 2.91. The van der Waals surface area contributed by atoms with Crippen LogP contribution in [0.25, 0.3) is 0 Å². The molecule has 4 nitrogen and oxygen atoms in total. The summed E-state index contributed by atoms with van der Waals surface area (Å²) in [5.41, 5.74) is 1.53. The SMILES string of the molecule is CC(C)=CCC1(C(=O)O)CCCN(Cc2ccccn2)C1. The molecule has 1 aromatic rings. The Morgan fingerprint density at radius 3 is 2.90 bits per heavy atom. The van der Waals surface area contributed by atoms with Crippen molar-refractivity contribution in [3.63, 3.8) is 0 Å². The molecule has 114 valence electrons. The number of carboxylic acid groups (broad SMARTS) is 1. The maximum Gasteiger partial charge on any atom is 0.311 e. The Balaban J connectivity index is 2.09. The number of likely N-dealkylation sites (tertiary alicyclic amines) is 1. The highest BCUT2D eigenvalue weighted by atomic mass is 16.4. The summed E-state index contributed by atoms with van der Waals surface area (Å²) in [5.74, 6) is -0.675. The van der Waals surface area contributed by atoms with Gasteiger partial charge < -0.3 is 5.11 Å². The Kier molecular flexibility index (Phi) is 5.12. The zero-order valence-electron chi connectivity index (χ0n) is 12.9. The van der Waals surface area contributed by atoms with E-state index in [0.717, 1.165) is 31.6 Å². The largest absolute Gasteiger partial charge is 0.481 e. The molecule has 2 rings (SSSR count). The number of carboxylic acids is 1. The summed E-state index contributed by atoms with van der Waals surface area (Å²) < 4.78 is 0. The summed E-state index contributed by atoms with van der Waals surface area (Å²) in [4.78, 5) is 18.4. The fraction of sp³-hybridized carbons (Fsp3) is 0.529. The number of pyridine rings is 1. The molecule has 0 bridgehead atoms. The zero-order chi connectivity index (χ0) is 15.3. The topological polar surface area (TPSA) is 53.4 Å². The molecule has 0 radical (unpaired) electrons. The van der Waals surface area contributed by atoms with Gasteiger partial charge in [-0.15, -0.1) is 0 Å². The van der Waals surface area contributed by atoms with Gasteiger partial charge in [0.25, 0.3) is 0 Å². The molecule has 1 fully saturated rings. The number of rotatable bonds is 5. The highest BCUT2D eigenvalue weighted by molar-refractivity contribution is 5.75. The molecular formula is C17H24N2O2. The number of hydrogen-bond donors (Lipinski definition) is 1.